The lowest BCUT2D eigenvalue weighted by Gasteiger charge is -2.05. The quantitative estimate of drug-likeness (QED) is 0.529. The third kappa shape index (κ3) is 4.30. The zero-order valence-corrected chi connectivity index (χ0v) is 12.8. The van der Waals surface area contributed by atoms with E-state index in [2.05, 4.69) is 20.5 Å². The van der Waals surface area contributed by atoms with Gasteiger partial charge >= 0.3 is 0 Å². The standard InChI is InChI=1S/C15H12N6S/c1-10-6-11(2)19-15(18-10)22-14-5-3-4-12(7-14)20-21-13(8-16)9-17/h3-7,20H,1-2H3. The van der Waals surface area contributed by atoms with Crippen molar-refractivity contribution in [3.8, 4) is 12.1 Å². The molecule has 1 N–H and O–H groups in total. The van der Waals surface area contributed by atoms with Gasteiger partial charge in [0.15, 0.2) is 5.16 Å². The van der Waals surface area contributed by atoms with Crippen molar-refractivity contribution >= 4 is 23.2 Å². The number of aryl methyl sites for hydroxylation is 2. The van der Waals surface area contributed by atoms with Gasteiger partial charge < -0.3 is 0 Å². The second-order valence-corrected chi connectivity index (χ2v) is 5.40. The molecule has 0 saturated heterocycles. The molecule has 1 aromatic heterocycles. The number of hydrogen-bond donors (Lipinski definition) is 1. The molecular formula is C15H12N6S. The van der Waals surface area contributed by atoms with E-state index in [-0.39, 0.29) is 5.71 Å². The molecule has 1 heterocycles. The lowest BCUT2D eigenvalue weighted by Crippen LogP contribution is -1.96. The van der Waals surface area contributed by atoms with Gasteiger partial charge in [-0.05, 0) is 49.9 Å². The predicted molar refractivity (Wildman–Crippen MR) is 84.4 cm³/mol. The molecule has 0 saturated carbocycles. The first-order valence-electron chi connectivity index (χ1n) is 6.35. The molecule has 0 unspecified atom stereocenters. The molecular weight excluding hydrogens is 296 g/mol. The Balaban J connectivity index is 2.17. The summed E-state index contributed by atoms with van der Waals surface area (Å²) < 4.78 is 0. The van der Waals surface area contributed by atoms with Crippen LogP contribution >= 0.6 is 11.8 Å². The highest BCUT2D eigenvalue weighted by Gasteiger charge is 2.04. The van der Waals surface area contributed by atoms with E-state index in [0.29, 0.717) is 10.8 Å². The van der Waals surface area contributed by atoms with Crippen molar-refractivity contribution in [1.29, 1.82) is 10.5 Å². The van der Waals surface area contributed by atoms with Gasteiger partial charge in [-0.25, -0.2) is 9.97 Å². The third-order valence-electron chi connectivity index (χ3n) is 2.51. The number of rotatable bonds is 4. The van der Waals surface area contributed by atoms with E-state index in [1.54, 1.807) is 18.2 Å². The van der Waals surface area contributed by atoms with Gasteiger partial charge in [0, 0.05) is 16.3 Å². The topological polar surface area (TPSA) is 97.8 Å². The number of aromatic nitrogens is 2. The molecule has 2 aromatic rings. The summed E-state index contributed by atoms with van der Waals surface area (Å²) in [4.78, 5) is 9.69. The molecule has 2 rings (SSSR count). The Morgan fingerprint density at radius 3 is 2.45 bits per heavy atom. The van der Waals surface area contributed by atoms with Crippen molar-refractivity contribution in [3.05, 3.63) is 41.7 Å². The molecule has 0 aliphatic carbocycles. The lowest BCUT2D eigenvalue weighted by atomic mass is 10.3. The molecule has 22 heavy (non-hydrogen) atoms. The van der Waals surface area contributed by atoms with Crippen LogP contribution in [0.5, 0.6) is 0 Å². The maximum atomic E-state index is 8.64. The Morgan fingerprint density at radius 1 is 1.14 bits per heavy atom. The Morgan fingerprint density at radius 2 is 1.82 bits per heavy atom. The minimum absolute atomic E-state index is 0.226. The highest BCUT2D eigenvalue weighted by atomic mass is 32.2. The second-order valence-electron chi connectivity index (χ2n) is 4.36. The number of nitrogens with one attached hydrogen (secondary N) is 1. The Hall–Kier alpha value is -2.90. The summed E-state index contributed by atoms with van der Waals surface area (Å²) in [6.07, 6.45) is 0. The molecule has 108 valence electrons. The number of hydrogen-bond acceptors (Lipinski definition) is 7. The summed E-state index contributed by atoms with van der Waals surface area (Å²) in [6.45, 7) is 3.85. The summed E-state index contributed by atoms with van der Waals surface area (Å²) in [5, 5.41) is 21.7. The van der Waals surface area contributed by atoms with Crippen molar-refractivity contribution in [2.45, 2.75) is 23.9 Å². The summed E-state index contributed by atoms with van der Waals surface area (Å²) in [5.74, 6) is 0. The van der Waals surface area contributed by atoms with Crippen LogP contribution in [0.3, 0.4) is 0 Å². The maximum absolute atomic E-state index is 8.64. The van der Waals surface area contributed by atoms with Gasteiger partial charge in [-0.2, -0.15) is 15.6 Å². The SMILES string of the molecule is Cc1cc(C)nc(Sc2cccc(NN=C(C#N)C#N)c2)n1. The third-order valence-corrected chi connectivity index (χ3v) is 3.37. The molecule has 6 nitrogen and oxygen atoms in total. The van der Waals surface area contributed by atoms with Crippen LogP contribution in [0.25, 0.3) is 0 Å². The van der Waals surface area contributed by atoms with E-state index in [1.165, 1.54) is 11.8 Å². The monoisotopic (exact) mass is 308 g/mol. The number of benzene rings is 1. The smallest absolute Gasteiger partial charge is 0.237 e. The zero-order chi connectivity index (χ0) is 15.9. The fourth-order valence-corrected chi connectivity index (χ4v) is 2.59. The van der Waals surface area contributed by atoms with Gasteiger partial charge in [0.2, 0.25) is 5.71 Å². The lowest BCUT2D eigenvalue weighted by molar-refractivity contribution is 0.902. The van der Waals surface area contributed by atoms with Gasteiger partial charge in [-0.15, -0.1) is 0 Å². The number of hydrazone groups is 1. The normalized spacial score (nSPS) is 9.45. The average Bonchev–Trinajstić information content (AvgIpc) is 2.47. The van der Waals surface area contributed by atoms with Crippen molar-refractivity contribution in [2.75, 3.05) is 5.43 Å². The molecule has 0 aliphatic heterocycles. The van der Waals surface area contributed by atoms with E-state index in [4.69, 9.17) is 10.5 Å². The predicted octanol–water partition coefficient (Wildman–Crippen LogP) is 3.06. The highest BCUT2D eigenvalue weighted by Crippen LogP contribution is 2.27. The first-order valence-corrected chi connectivity index (χ1v) is 7.16. The van der Waals surface area contributed by atoms with Crippen molar-refractivity contribution in [1.82, 2.24) is 9.97 Å². The van der Waals surface area contributed by atoms with Crippen molar-refractivity contribution in [3.63, 3.8) is 0 Å². The molecule has 1 aromatic carbocycles. The number of nitrogens with zero attached hydrogens (tertiary/aromatic N) is 5. The second kappa shape index (κ2) is 7.21. The van der Waals surface area contributed by atoms with Crippen LogP contribution in [0.4, 0.5) is 5.69 Å². The molecule has 0 spiro atoms. The van der Waals surface area contributed by atoms with E-state index < -0.39 is 0 Å². The molecule has 0 fully saturated rings. The summed E-state index contributed by atoms with van der Waals surface area (Å²) in [6, 6.07) is 12.7. The molecule has 0 atom stereocenters. The van der Waals surface area contributed by atoms with Crippen LogP contribution in [0.15, 0.2) is 45.5 Å². The number of anilines is 1. The van der Waals surface area contributed by atoms with E-state index >= 15 is 0 Å². The molecule has 0 radical (unpaired) electrons. The van der Waals surface area contributed by atoms with Gasteiger partial charge in [-0.1, -0.05) is 6.07 Å². The summed E-state index contributed by atoms with van der Waals surface area (Å²) in [7, 11) is 0. The van der Waals surface area contributed by atoms with E-state index in [0.717, 1.165) is 16.3 Å². The van der Waals surface area contributed by atoms with Gasteiger partial charge in [0.05, 0.1) is 5.69 Å². The Kier molecular flexibility index (Phi) is 5.07. The van der Waals surface area contributed by atoms with Gasteiger partial charge in [0.1, 0.15) is 12.1 Å². The fraction of sp³-hybridized carbons (Fsp3) is 0.133. The first-order chi connectivity index (χ1) is 10.6. The largest absolute Gasteiger partial charge is 0.276 e. The molecule has 0 bridgehead atoms. The van der Waals surface area contributed by atoms with Crippen LogP contribution in [-0.4, -0.2) is 15.7 Å². The summed E-state index contributed by atoms with van der Waals surface area (Å²) in [5.41, 5.74) is 4.97. The van der Waals surface area contributed by atoms with Crippen molar-refractivity contribution < 1.29 is 0 Å². The fourth-order valence-electron chi connectivity index (χ4n) is 1.67. The van der Waals surface area contributed by atoms with Gasteiger partial charge in [0.25, 0.3) is 0 Å². The van der Waals surface area contributed by atoms with Crippen LogP contribution < -0.4 is 5.43 Å². The highest BCUT2D eigenvalue weighted by molar-refractivity contribution is 7.99. The molecule has 7 heteroatoms. The first kappa shape index (κ1) is 15.5. The van der Waals surface area contributed by atoms with Crippen LogP contribution in [0.1, 0.15) is 11.4 Å². The van der Waals surface area contributed by atoms with Crippen LogP contribution in [0, 0.1) is 36.5 Å². The molecule has 0 aliphatic rings. The minimum Gasteiger partial charge on any atom is -0.276 e. The average molecular weight is 308 g/mol. The molecule has 0 amide bonds. The minimum atomic E-state index is -0.226. The van der Waals surface area contributed by atoms with Crippen molar-refractivity contribution in [2.24, 2.45) is 5.10 Å². The van der Waals surface area contributed by atoms with Gasteiger partial charge in [-0.3, -0.25) is 5.43 Å². The summed E-state index contributed by atoms with van der Waals surface area (Å²) >= 11 is 1.44. The van der Waals surface area contributed by atoms with Crippen LogP contribution in [-0.2, 0) is 0 Å². The Bertz CT molecular complexity index is 764. The maximum Gasteiger partial charge on any atom is 0.237 e. The zero-order valence-electron chi connectivity index (χ0n) is 12.0. The Labute approximate surface area is 132 Å². The number of nitriles is 2. The van der Waals surface area contributed by atoms with E-state index in [1.807, 2.05) is 38.1 Å². The van der Waals surface area contributed by atoms with Crippen LogP contribution in [0.2, 0.25) is 0 Å². The van der Waals surface area contributed by atoms with E-state index in [9.17, 15) is 0 Å².